The van der Waals surface area contributed by atoms with Crippen molar-refractivity contribution in [3.8, 4) is 0 Å². The SMILES string of the molecule is CCCC[SiH](C(C)C)C(C)C. The molecule has 0 nitrogen and oxygen atoms in total. The first-order valence-electron chi connectivity index (χ1n) is 5.09. The zero-order chi connectivity index (χ0) is 8.85. The lowest BCUT2D eigenvalue weighted by Crippen LogP contribution is -2.20. The van der Waals surface area contributed by atoms with Crippen LogP contribution in [0.5, 0.6) is 0 Å². The topological polar surface area (TPSA) is 0 Å². The quantitative estimate of drug-likeness (QED) is 0.553. The predicted octanol–water partition coefficient (Wildman–Crippen LogP) is 3.83. The largest absolute Gasteiger partial charge is 0.0654 e. The molecule has 0 amide bonds. The first kappa shape index (κ1) is 11.2. The molecule has 0 aliphatic heterocycles. The molecule has 0 saturated carbocycles. The van der Waals surface area contributed by atoms with E-state index in [-0.39, 0.29) is 0 Å². The Labute approximate surface area is 74.0 Å². The number of hydrogen-bond donors (Lipinski definition) is 0. The molecule has 0 spiro atoms. The van der Waals surface area contributed by atoms with Crippen molar-refractivity contribution in [2.45, 2.75) is 64.6 Å². The van der Waals surface area contributed by atoms with Crippen LogP contribution in [0.15, 0.2) is 0 Å². The molecule has 0 radical (unpaired) electrons. The summed E-state index contributed by atoms with van der Waals surface area (Å²) >= 11 is 0. The van der Waals surface area contributed by atoms with Crippen LogP contribution >= 0.6 is 0 Å². The van der Waals surface area contributed by atoms with E-state index in [4.69, 9.17) is 0 Å². The Balaban J connectivity index is 3.70. The maximum atomic E-state index is 2.41. The average molecular weight is 172 g/mol. The Hall–Kier alpha value is 0.217. The van der Waals surface area contributed by atoms with Gasteiger partial charge in [-0.2, -0.15) is 0 Å². The van der Waals surface area contributed by atoms with E-state index < -0.39 is 8.80 Å². The molecule has 68 valence electrons. The summed E-state index contributed by atoms with van der Waals surface area (Å²) in [5.74, 6) is 0. The molecule has 0 saturated heterocycles. The van der Waals surface area contributed by atoms with Crippen LogP contribution in [0.3, 0.4) is 0 Å². The Kier molecular flexibility index (Phi) is 5.93. The third kappa shape index (κ3) is 4.62. The molecule has 1 heteroatoms. The van der Waals surface area contributed by atoms with Gasteiger partial charge in [0.15, 0.2) is 0 Å². The molecule has 0 aromatic heterocycles. The van der Waals surface area contributed by atoms with Crippen molar-refractivity contribution < 1.29 is 0 Å². The Bertz CT molecular complexity index is 78.9. The third-order valence-electron chi connectivity index (χ3n) is 2.60. The van der Waals surface area contributed by atoms with Gasteiger partial charge in [-0.05, 0) is 0 Å². The molecule has 0 aromatic carbocycles. The smallest absolute Gasteiger partial charge is 0.0419 e. The molecular weight excluding hydrogens is 148 g/mol. The van der Waals surface area contributed by atoms with Gasteiger partial charge in [-0.15, -0.1) is 0 Å². The van der Waals surface area contributed by atoms with E-state index >= 15 is 0 Å². The molecule has 0 unspecified atom stereocenters. The van der Waals surface area contributed by atoms with E-state index in [0.29, 0.717) is 0 Å². The minimum atomic E-state index is -0.398. The standard InChI is InChI=1S/C10H24Si/c1-6-7-8-11(9(2)3)10(4)5/h9-11H,6-8H2,1-5H3. The summed E-state index contributed by atoms with van der Waals surface area (Å²) in [6.45, 7) is 11.9. The molecule has 0 bridgehead atoms. The van der Waals surface area contributed by atoms with E-state index in [1.807, 2.05) is 0 Å². The predicted molar refractivity (Wildman–Crippen MR) is 57.1 cm³/mol. The van der Waals surface area contributed by atoms with Crippen molar-refractivity contribution in [2.24, 2.45) is 0 Å². The highest BCUT2D eigenvalue weighted by Crippen LogP contribution is 2.24. The summed E-state index contributed by atoms with van der Waals surface area (Å²) in [4.78, 5) is 0. The van der Waals surface area contributed by atoms with Crippen molar-refractivity contribution in [2.75, 3.05) is 0 Å². The van der Waals surface area contributed by atoms with Crippen LogP contribution in [0.4, 0.5) is 0 Å². The number of rotatable bonds is 5. The third-order valence-corrected chi connectivity index (χ3v) is 7.10. The minimum Gasteiger partial charge on any atom is -0.0654 e. The highest BCUT2D eigenvalue weighted by atomic mass is 28.3. The van der Waals surface area contributed by atoms with Gasteiger partial charge in [-0.3, -0.25) is 0 Å². The molecule has 0 N–H and O–H groups in total. The van der Waals surface area contributed by atoms with Gasteiger partial charge in [0.05, 0.1) is 0 Å². The van der Waals surface area contributed by atoms with Gasteiger partial charge < -0.3 is 0 Å². The molecule has 0 aliphatic carbocycles. The maximum Gasteiger partial charge on any atom is 0.0419 e. The van der Waals surface area contributed by atoms with Crippen LogP contribution in [-0.4, -0.2) is 8.80 Å². The van der Waals surface area contributed by atoms with E-state index in [0.717, 1.165) is 11.1 Å². The minimum absolute atomic E-state index is 0.398. The van der Waals surface area contributed by atoms with Crippen LogP contribution in [0.25, 0.3) is 0 Å². The van der Waals surface area contributed by atoms with E-state index in [1.54, 1.807) is 6.04 Å². The zero-order valence-electron chi connectivity index (χ0n) is 8.85. The Morgan fingerprint density at radius 1 is 1.00 bits per heavy atom. The number of unbranched alkanes of at least 4 members (excludes halogenated alkanes) is 1. The van der Waals surface area contributed by atoms with E-state index in [2.05, 4.69) is 34.6 Å². The van der Waals surface area contributed by atoms with Crippen LogP contribution < -0.4 is 0 Å². The highest BCUT2D eigenvalue weighted by molar-refractivity contribution is 6.61. The summed E-state index contributed by atoms with van der Waals surface area (Å²) in [5.41, 5.74) is 2.00. The molecular formula is C10H24Si. The zero-order valence-corrected chi connectivity index (χ0v) is 10.0. The Morgan fingerprint density at radius 2 is 1.45 bits per heavy atom. The summed E-state index contributed by atoms with van der Waals surface area (Å²) < 4.78 is 0. The number of hydrogen-bond acceptors (Lipinski definition) is 0. The van der Waals surface area contributed by atoms with Crippen LogP contribution in [0, 0.1) is 0 Å². The van der Waals surface area contributed by atoms with Crippen LogP contribution in [0.2, 0.25) is 17.1 Å². The molecule has 0 fully saturated rings. The van der Waals surface area contributed by atoms with Crippen molar-refractivity contribution in [3.05, 3.63) is 0 Å². The van der Waals surface area contributed by atoms with Gasteiger partial charge in [-0.1, -0.05) is 64.6 Å². The molecule has 0 aliphatic rings. The van der Waals surface area contributed by atoms with Crippen molar-refractivity contribution in [1.29, 1.82) is 0 Å². The Morgan fingerprint density at radius 3 is 1.73 bits per heavy atom. The molecule has 0 rings (SSSR count). The lowest BCUT2D eigenvalue weighted by Gasteiger charge is -2.22. The van der Waals surface area contributed by atoms with Crippen molar-refractivity contribution >= 4 is 8.80 Å². The summed E-state index contributed by atoms with van der Waals surface area (Å²) in [6, 6.07) is 1.56. The van der Waals surface area contributed by atoms with E-state index in [1.165, 1.54) is 12.8 Å². The molecule has 0 atom stereocenters. The molecule has 0 heterocycles. The fourth-order valence-corrected chi connectivity index (χ4v) is 5.63. The normalized spacial score (nSPS) is 12.0. The van der Waals surface area contributed by atoms with Gasteiger partial charge in [0, 0.05) is 8.80 Å². The van der Waals surface area contributed by atoms with Gasteiger partial charge in [0.25, 0.3) is 0 Å². The highest BCUT2D eigenvalue weighted by Gasteiger charge is 2.17. The molecule has 0 aromatic rings. The summed E-state index contributed by atoms with van der Waals surface area (Å²) in [7, 11) is -0.398. The fourth-order valence-electron chi connectivity index (χ4n) is 1.88. The second kappa shape index (κ2) is 5.82. The van der Waals surface area contributed by atoms with Gasteiger partial charge in [-0.25, -0.2) is 0 Å². The van der Waals surface area contributed by atoms with Crippen LogP contribution in [-0.2, 0) is 0 Å². The summed E-state index contributed by atoms with van der Waals surface area (Å²) in [5, 5.41) is 0. The molecule has 11 heavy (non-hydrogen) atoms. The lowest BCUT2D eigenvalue weighted by atomic mass is 10.4. The van der Waals surface area contributed by atoms with Gasteiger partial charge >= 0.3 is 0 Å². The maximum absolute atomic E-state index is 2.41. The first-order valence-corrected chi connectivity index (χ1v) is 7.24. The van der Waals surface area contributed by atoms with Gasteiger partial charge in [0.1, 0.15) is 0 Å². The van der Waals surface area contributed by atoms with E-state index in [9.17, 15) is 0 Å². The summed E-state index contributed by atoms with van der Waals surface area (Å²) in [6.07, 6.45) is 2.84. The second-order valence-corrected chi connectivity index (χ2v) is 8.87. The van der Waals surface area contributed by atoms with Crippen molar-refractivity contribution in [3.63, 3.8) is 0 Å². The fraction of sp³-hybridized carbons (Fsp3) is 1.00. The van der Waals surface area contributed by atoms with Crippen molar-refractivity contribution in [1.82, 2.24) is 0 Å². The average Bonchev–Trinajstić information content (AvgIpc) is 1.87. The monoisotopic (exact) mass is 172 g/mol. The lowest BCUT2D eigenvalue weighted by molar-refractivity contribution is 0.831. The van der Waals surface area contributed by atoms with Gasteiger partial charge in [0.2, 0.25) is 0 Å². The first-order chi connectivity index (χ1) is 5.09. The second-order valence-electron chi connectivity index (χ2n) is 4.29. The van der Waals surface area contributed by atoms with Crippen LogP contribution in [0.1, 0.15) is 47.5 Å².